The maximum absolute atomic E-state index is 5.54. The van der Waals surface area contributed by atoms with E-state index >= 15 is 0 Å². The fourth-order valence-electron chi connectivity index (χ4n) is 0.873. The molecule has 13 heavy (non-hydrogen) atoms. The van der Waals surface area contributed by atoms with Gasteiger partial charge in [0, 0.05) is 12.2 Å². The highest BCUT2D eigenvalue weighted by molar-refractivity contribution is 7.80. The van der Waals surface area contributed by atoms with Gasteiger partial charge in [-0.1, -0.05) is 12.0 Å². The van der Waals surface area contributed by atoms with Crippen LogP contribution >= 0.6 is 12.6 Å². The molecule has 1 aromatic rings. The highest BCUT2D eigenvalue weighted by Gasteiger charge is 1.95. The Balaban J connectivity index is 2.89. The minimum absolute atomic E-state index is 0.515. The second-order valence-electron chi connectivity index (χ2n) is 2.68. The summed E-state index contributed by atoms with van der Waals surface area (Å²) < 4.78 is 0. The molecule has 1 heterocycles. The van der Waals surface area contributed by atoms with E-state index in [1.165, 1.54) is 0 Å². The Bertz CT molecular complexity index is 350. The van der Waals surface area contributed by atoms with Crippen molar-refractivity contribution < 1.29 is 0 Å². The number of nitrogen functional groups attached to an aromatic ring is 1. The van der Waals surface area contributed by atoms with Gasteiger partial charge < -0.3 is 5.73 Å². The van der Waals surface area contributed by atoms with Crippen LogP contribution in [0.25, 0.3) is 0 Å². The molecule has 0 saturated heterocycles. The van der Waals surface area contributed by atoms with E-state index in [4.69, 9.17) is 5.73 Å². The SMILES string of the molecule is Cc1ccc(N)nc1C#CCCS. The Labute approximate surface area is 84.0 Å². The summed E-state index contributed by atoms with van der Waals surface area (Å²) in [6, 6.07) is 3.70. The van der Waals surface area contributed by atoms with E-state index in [1.54, 1.807) is 6.07 Å². The first-order valence-corrected chi connectivity index (χ1v) is 4.70. The molecule has 0 radical (unpaired) electrons. The first-order valence-electron chi connectivity index (χ1n) is 4.07. The van der Waals surface area contributed by atoms with Crippen molar-refractivity contribution >= 4 is 18.4 Å². The van der Waals surface area contributed by atoms with Gasteiger partial charge >= 0.3 is 0 Å². The quantitative estimate of drug-likeness (QED) is 0.524. The minimum Gasteiger partial charge on any atom is -0.384 e. The normalized spacial score (nSPS) is 9.08. The Morgan fingerprint density at radius 2 is 2.31 bits per heavy atom. The lowest BCUT2D eigenvalue weighted by molar-refractivity contribution is 1.23. The van der Waals surface area contributed by atoms with Crippen LogP contribution in [0, 0.1) is 18.8 Å². The second-order valence-corrected chi connectivity index (χ2v) is 3.12. The molecule has 0 aliphatic rings. The Morgan fingerprint density at radius 3 is 3.00 bits per heavy atom. The van der Waals surface area contributed by atoms with Crippen molar-refractivity contribution in [2.24, 2.45) is 0 Å². The van der Waals surface area contributed by atoms with Crippen LogP contribution in [-0.4, -0.2) is 10.7 Å². The second kappa shape index (κ2) is 4.78. The lowest BCUT2D eigenvalue weighted by Gasteiger charge is -1.97. The van der Waals surface area contributed by atoms with E-state index in [0.717, 1.165) is 23.4 Å². The lowest BCUT2D eigenvalue weighted by Crippen LogP contribution is -1.94. The summed E-state index contributed by atoms with van der Waals surface area (Å²) in [5.74, 6) is 7.23. The van der Waals surface area contributed by atoms with Gasteiger partial charge in [-0.05, 0) is 24.5 Å². The average molecular weight is 192 g/mol. The van der Waals surface area contributed by atoms with Gasteiger partial charge in [-0.15, -0.1) is 0 Å². The summed E-state index contributed by atoms with van der Waals surface area (Å²) in [4.78, 5) is 4.12. The van der Waals surface area contributed by atoms with Crippen molar-refractivity contribution in [2.75, 3.05) is 11.5 Å². The van der Waals surface area contributed by atoms with Crippen molar-refractivity contribution in [1.29, 1.82) is 0 Å². The molecule has 3 heteroatoms. The zero-order valence-electron chi connectivity index (χ0n) is 7.54. The Morgan fingerprint density at radius 1 is 1.54 bits per heavy atom. The van der Waals surface area contributed by atoms with Crippen molar-refractivity contribution in [3.8, 4) is 11.8 Å². The third-order valence-electron chi connectivity index (χ3n) is 1.56. The molecule has 0 aliphatic heterocycles. The number of thiol groups is 1. The monoisotopic (exact) mass is 192 g/mol. The maximum Gasteiger partial charge on any atom is 0.124 e. The third-order valence-corrected chi connectivity index (χ3v) is 1.79. The Hall–Kier alpha value is -1.14. The Kier molecular flexibility index (Phi) is 3.66. The summed E-state index contributed by atoms with van der Waals surface area (Å²) in [6.45, 7) is 1.97. The van der Waals surface area contributed by atoms with Gasteiger partial charge in [0.2, 0.25) is 0 Å². The molecular weight excluding hydrogens is 180 g/mol. The van der Waals surface area contributed by atoms with Crippen molar-refractivity contribution in [3.63, 3.8) is 0 Å². The fraction of sp³-hybridized carbons (Fsp3) is 0.300. The molecule has 0 atom stereocenters. The predicted molar refractivity (Wildman–Crippen MR) is 58.7 cm³/mol. The number of anilines is 1. The molecule has 0 aliphatic carbocycles. The first kappa shape index (κ1) is 9.94. The van der Waals surface area contributed by atoms with E-state index in [2.05, 4.69) is 29.5 Å². The van der Waals surface area contributed by atoms with E-state index in [1.807, 2.05) is 13.0 Å². The molecule has 1 aromatic heterocycles. The molecule has 1 rings (SSSR count). The van der Waals surface area contributed by atoms with Crippen LogP contribution in [0.5, 0.6) is 0 Å². The average Bonchev–Trinajstić information content (AvgIpc) is 2.11. The summed E-state index contributed by atoms with van der Waals surface area (Å²) in [5.41, 5.74) is 7.36. The largest absolute Gasteiger partial charge is 0.384 e. The van der Waals surface area contributed by atoms with Gasteiger partial charge in [0.25, 0.3) is 0 Å². The summed E-state index contributed by atoms with van der Waals surface area (Å²) in [7, 11) is 0. The van der Waals surface area contributed by atoms with Crippen molar-refractivity contribution in [1.82, 2.24) is 4.98 Å². The smallest absolute Gasteiger partial charge is 0.124 e. The topological polar surface area (TPSA) is 38.9 Å². The van der Waals surface area contributed by atoms with Gasteiger partial charge in [-0.3, -0.25) is 0 Å². The molecule has 2 nitrogen and oxygen atoms in total. The van der Waals surface area contributed by atoms with Gasteiger partial charge in [-0.2, -0.15) is 12.6 Å². The molecule has 0 bridgehead atoms. The van der Waals surface area contributed by atoms with Crippen LogP contribution in [0.3, 0.4) is 0 Å². The minimum atomic E-state index is 0.515. The van der Waals surface area contributed by atoms with E-state index in [0.29, 0.717) is 5.82 Å². The predicted octanol–water partition coefficient (Wildman–Crippen LogP) is 1.64. The molecule has 2 N–H and O–H groups in total. The number of nitrogens with zero attached hydrogens (tertiary/aromatic N) is 1. The number of rotatable bonds is 1. The van der Waals surface area contributed by atoms with Crippen LogP contribution in [0.15, 0.2) is 12.1 Å². The first-order chi connectivity index (χ1) is 6.24. The number of aryl methyl sites for hydroxylation is 1. The molecule has 0 unspecified atom stereocenters. The van der Waals surface area contributed by atoms with Gasteiger partial charge in [0.05, 0.1) is 0 Å². The molecule has 68 valence electrons. The van der Waals surface area contributed by atoms with Gasteiger partial charge in [0.15, 0.2) is 0 Å². The number of nitrogens with two attached hydrogens (primary N) is 1. The van der Waals surface area contributed by atoms with Crippen LogP contribution in [0.4, 0.5) is 5.82 Å². The van der Waals surface area contributed by atoms with Crippen LogP contribution in [0.1, 0.15) is 17.7 Å². The standard InChI is InChI=1S/C10H12N2S/c1-8-5-6-10(11)12-9(8)4-2-3-7-13/h5-6,13H,3,7H2,1H3,(H2,11,12). The van der Waals surface area contributed by atoms with Crippen LogP contribution in [0.2, 0.25) is 0 Å². The molecule has 0 fully saturated rings. The molecule has 0 aromatic carbocycles. The molecule has 0 spiro atoms. The number of hydrogen-bond donors (Lipinski definition) is 2. The number of pyridine rings is 1. The maximum atomic E-state index is 5.54. The highest BCUT2D eigenvalue weighted by Crippen LogP contribution is 2.05. The van der Waals surface area contributed by atoms with Crippen molar-refractivity contribution in [3.05, 3.63) is 23.4 Å². The van der Waals surface area contributed by atoms with Gasteiger partial charge in [0.1, 0.15) is 11.5 Å². The fourth-order valence-corrected chi connectivity index (χ4v) is 0.984. The lowest BCUT2D eigenvalue weighted by atomic mass is 10.2. The van der Waals surface area contributed by atoms with Crippen LogP contribution in [-0.2, 0) is 0 Å². The highest BCUT2D eigenvalue weighted by atomic mass is 32.1. The van der Waals surface area contributed by atoms with E-state index in [-0.39, 0.29) is 0 Å². The number of hydrogen-bond acceptors (Lipinski definition) is 3. The van der Waals surface area contributed by atoms with Gasteiger partial charge in [-0.25, -0.2) is 4.98 Å². The summed E-state index contributed by atoms with van der Waals surface area (Å²) >= 11 is 4.07. The van der Waals surface area contributed by atoms with Crippen LogP contribution < -0.4 is 5.73 Å². The summed E-state index contributed by atoms with van der Waals surface area (Å²) in [6.07, 6.45) is 0.777. The third kappa shape index (κ3) is 3.00. The zero-order chi connectivity index (χ0) is 9.68. The summed E-state index contributed by atoms with van der Waals surface area (Å²) in [5, 5.41) is 0. The van der Waals surface area contributed by atoms with E-state index in [9.17, 15) is 0 Å². The molecule has 0 amide bonds. The van der Waals surface area contributed by atoms with Crippen molar-refractivity contribution in [2.45, 2.75) is 13.3 Å². The zero-order valence-corrected chi connectivity index (χ0v) is 8.44. The number of aromatic nitrogens is 1. The van der Waals surface area contributed by atoms with E-state index < -0.39 is 0 Å². The molecule has 0 saturated carbocycles. The molecular formula is C10H12N2S.